The lowest BCUT2D eigenvalue weighted by molar-refractivity contribution is -0.153. The van der Waals surface area contributed by atoms with Crippen LogP contribution in [0.2, 0.25) is 0 Å². The number of ether oxygens (including phenoxy) is 3. The molecule has 0 amide bonds. The normalized spacial score (nSPS) is 15.7. The van der Waals surface area contributed by atoms with Crippen molar-refractivity contribution in [3.05, 3.63) is 90.6 Å². The van der Waals surface area contributed by atoms with Gasteiger partial charge in [0.15, 0.2) is 22.9 Å². The number of esters is 1. The van der Waals surface area contributed by atoms with Crippen LogP contribution in [0.25, 0.3) is 6.08 Å². The molecule has 0 spiro atoms. The third kappa shape index (κ3) is 5.46. The summed E-state index contributed by atoms with van der Waals surface area (Å²) in [6.07, 6.45) is -2.45. The predicted octanol–water partition coefficient (Wildman–Crippen LogP) is 3.75. The van der Waals surface area contributed by atoms with Crippen molar-refractivity contribution in [1.29, 1.82) is 0 Å². The van der Waals surface area contributed by atoms with Gasteiger partial charge in [-0.3, -0.25) is 9.36 Å². The monoisotopic (exact) mass is 532 g/mol. The molecule has 1 aromatic heterocycles. The van der Waals surface area contributed by atoms with Gasteiger partial charge in [0.1, 0.15) is 0 Å². The van der Waals surface area contributed by atoms with Crippen LogP contribution >= 0.6 is 11.3 Å². The molecule has 1 aliphatic heterocycles. The number of thiazole rings is 1. The first-order valence-electron chi connectivity index (χ1n) is 11.2. The Bertz CT molecular complexity index is 1520. The molecule has 1 atom stereocenters. The van der Waals surface area contributed by atoms with Gasteiger partial charge in [-0.2, -0.15) is 13.2 Å². The Labute approximate surface area is 213 Å². The molecule has 0 saturated carbocycles. The standard InChI is InChI=1S/C26H23F3N2O5S/c1-4-17-21(24(33)35-3)22(16-8-6-5-7-9-16)31-23(32)20(37-25(31)30-17)13-15-10-11-18(19(12-15)34-2)36-14-26(27,28)29/h5-13,22H,4,14H2,1-3H3/b20-13-/t22-/m0/s1. The van der Waals surface area contributed by atoms with Crippen molar-refractivity contribution >= 4 is 23.4 Å². The summed E-state index contributed by atoms with van der Waals surface area (Å²) in [5.41, 5.74) is 1.69. The van der Waals surface area contributed by atoms with Crippen molar-refractivity contribution in [3.63, 3.8) is 0 Å². The summed E-state index contributed by atoms with van der Waals surface area (Å²) in [7, 11) is 2.60. The van der Waals surface area contributed by atoms with Crippen LogP contribution in [0.1, 0.15) is 30.5 Å². The maximum absolute atomic E-state index is 13.6. The summed E-state index contributed by atoms with van der Waals surface area (Å²) >= 11 is 1.15. The number of allylic oxidation sites excluding steroid dienone is 1. The van der Waals surface area contributed by atoms with E-state index in [4.69, 9.17) is 14.2 Å². The average molecular weight is 533 g/mol. The van der Waals surface area contributed by atoms with Gasteiger partial charge in [-0.1, -0.05) is 54.7 Å². The van der Waals surface area contributed by atoms with Crippen LogP contribution in [0.15, 0.2) is 69.6 Å². The fraction of sp³-hybridized carbons (Fsp3) is 0.269. The molecule has 0 bridgehead atoms. The molecule has 0 aliphatic carbocycles. The van der Waals surface area contributed by atoms with Crippen molar-refractivity contribution < 1.29 is 32.2 Å². The number of benzene rings is 2. The number of methoxy groups -OCH3 is 2. The zero-order valence-corrected chi connectivity index (χ0v) is 21.0. The number of hydrogen-bond acceptors (Lipinski definition) is 7. The lowest BCUT2D eigenvalue weighted by atomic mass is 9.95. The van der Waals surface area contributed by atoms with Crippen molar-refractivity contribution in [3.8, 4) is 11.5 Å². The van der Waals surface area contributed by atoms with Crippen molar-refractivity contribution in [2.45, 2.75) is 25.6 Å². The fourth-order valence-electron chi connectivity index (χ4n) is 4.02. The molecule has 0 saturated heterocycles. The van der Waals surface area contributed by atoms with E-state index in [2.05, 4.69) is 4.99 Å². The lowest BCUT2D eigenvalue weighted by Gasteiger charge is -2.25. The van der Waals surface area contributed by atoms with Gasteiger partial charge in [-0.05, 0) is 35.8 Å². The van der Waals surface area contributed by atoms with Gasteiger partial charge in [0.25, 0.3) is 5.56 Å². The molecule has 0 radical (unpaired) electrons. The molecular formula is C26H23F3N2O5S. The highest BCUT2D eigenvalue weighted by atomic mass is 32.1. The van der Waals surface area contributed by atoms with E-state index in [0.29, 0.717) is 32.6 Å². The molecule has 2 aromatic carbocycles. The van der Waals surface area contributed by atoms with Gasteiger partial charge in [0.05, 0.1) is 36.1 Å². The molecule has 1 aliphatic rings. The number of carbonyl (C=O) groups excluding carboxylic acids is 1. The minimum atomic E-state index is -4.49. The number of hydrogen-bond donors (Lipinski definition) is 0. The predicted molar refractivity (Wildman–Crippen MR) is 131 cm³/mol. The number of fused-ring (bicyclic) bond motifs is 1. The maximum atomic E-state index is 13.6. The van der Waals surface area contributed by atoms with Crippen LogP contribution < -0.4 is 24.4 Å². The smallest absolute Gasteiger partial charge is 0.422 e. The Hall–Kier alpha value is -3.86. The summed E-state index contributed by atoms with van der Waals surface area (Å²) in [6.45, 7) is 0.413. The molecule has 0 fully saturated rings. The van der Waals surface area contributed by atoms with Crippen molar-refractivity contribution in [2.24, 2.45) is 4.99 Å². The third-order valence-corrected chi connectivity index (χ3v) is 6.63. The van der Waals surface area contributed by atoms with Crippen LogP contribution in [0.5, 0.6) is 11.5 Å². The molecule has 2 heterocycles. The van der Waals surface area contributed by atoms with E-state index in [1.54, 1.807) is 6.08 Å². The van der Waals surface area contributed by atoms with Crippen LogP contribution in [0.4, 0.5) is 13.2 Å². The number of nitrogens with zero attached hydrogens (tertiary/aromatic N) is 2. The Morgan fingerprint density at radius 1 is 1.14 bits per heavy atom. The molecule has 0 unspecified atom stereocenters. The van der Waals surface area contributed by atoms with Gasteiger partial charge in [-0.25, -0.2) is 9.79 Å². The van der Waals surface area contributed by atoms with Gasteiger partial charge >= 0.3 is 12.1 Å². The zero-order chi connectivity index (χ0) is 26.7. The molecule has 194 valence electrons. The minimum absolute atomic E-state index is 0.0715. The highest BCUT2D eigenvalue weighted by molar-refractivity contribution is 7.07. The molecule has 0 N–H and O–H groups in total. The Morgan fingerprint density at radius 3 is 2.49 bits per heavy atom. The number of alkyl halides is 3. The number of aromatic nitrogens is 1. The highest BCUT2D eigenvalue weighted by Gasteiger charge is 2.33. The second-order valence-corrected chi connectivity index (χ2v) is 9.02. The largest absolute Gasteiger partial charge is 0.493 e. The second kappa shape index (κ2) is 10.6. The summed E-state index contributed by atoms with van der Waals surface area (Å²) in [6, 6.07) is 12.8. The van der Waals surface area contributed by atoms with E-state index < -0.39 is 24.8 Å². The Balaban J connectivity index is 1.84. The number of halogens is 3. The Kier molecular flexibility index (Phi) is 7.53. The zero-order valence-electron chi connectivity index (χ0n) is 20.2. The van der Waals surface area contributed by atoms with Gasteiger partial charge in [-0.15, -0.1) is 0 Å². The summed E-state index contributed by atoms with van der Waals surface area (Å²) in [4.78, 5) is 31.4. The van der Waals surface area contributed by atoms with Crippen LogP contribution in [-0.2, 0) is 9.53 Å². The topological polar surface area (TPSA) is 79.1 Å². The Morgan fingerprint density at radius 2 is 1.86 bits per heavy atom. The molecule has 11 heteroatoms. The van der Waals surface area contributed by atoms with E-state index in [-0.39, 0.29) is 17.1 Å². The van der Waals surface area contributed by atoms with E-state index in [1.165, 1.54) is 37.0 Å². The van der Waals surface area contributed by atoms with Crippen LogP contribution in [-0.4, -0.2) is 37.5 Å². The average Bonchev–Trinajstić information content (AvgIpc) is 3.20. The number of carbonyl (C=O) groups is 1. The van der Waals surface area contributed by atoms with Gasteiger partial charge in [0.2, 0.25) is 0 Å². The second-order valence-electron chi connectivity index (χ2n) is 8.01. The lowest BCUT2D eigenvalue weighted by Crippen LogP contribution is -2.40. The molecule has 37 heavy (non-hydrogen) atoms. The fourth-order valence-corrected chi connectivity index (χ4v) is 5.04. The SMILES string of the molecule is CCC1=C(C(=O)OC)[C@H](c2ccccc2)n2c(s/c(=C\c3ccc(OCC(F)(F)F)c(OC)c3)c2=O)=N1. The van der Waals surface area contributed by atoms with Gasteiger partial charge < -0.3 is 14.2 Å². The third-order valence-electron chi connectivity index (χ3n) is 5.64. The molecule has 3 aromatic rings. The first-order valence-corrected chi connectivity index (χ1v) is 12.0. The van der Waals surface area contributed by atoms with Crippen molar-refractivity contribution in [1.82, 2.24) is 4.57 Å². The summed E-state index contributed by atoms with van der Waals surface area (Å²) in [5, 5.41) is 0. The minimum Gasteiger partial charge on any atom is -0.493 e. The quantitative estimate of drug-likeness (QED) is 0.433. The number of rotatable bonds is 7. The molecule has 7 nitrogen and oxygen atoms in total. The first kappa shape index (κ1) is 26.2. The maximum Gasteiger partial charge on any atom is 0.422 e. The van der Waals surface area contributed by atoms with Gasteiger partial charge in [0, 0.05) is 0 Å². The summed E-state index contributed by atoms with van der Waals surface area (Å²) < 4.78 is 54.5. The van der Waals surface area contributed by atoms with E-state index in [0.717, 1.165) is 16.9 Å². The van der Waals surface area contributed by atoms with Crippen LogP contribution in [0.3, 0.4) is 0 Å². The first-order chi connectivity index (χ1) is 17.7. The van der Waals surface area contributed by atoms with E-state index in [9.17, 15) is 22.8 Å². The molecular weight excluding hydrogens is 509 g/mol. The molecule has 4 rings (SSSR count). The van der Waals surface area contributed by atoms with Crippen molar-refractivity contribution in [2.75, 3.05) is 20.8 Å². The van der Waals surface area contributed by atoms with E-state index >= 15 is 0 Å². The highest BCUT2D eigenvalue weighted by Crippen LogP contribution is 2.32. The van der Waals surface area contributed by atoms with E-state index in [1.807, 2.05) is 37.3 Å². The summed E-state index contributed by atoms with van der Waals surface area (Å²) in [5.74, 6) is -0.546. The van der Waals surface area contributed by atoms with Crippen LogP contribution in [0, 0.1) is 0 Å².